The summed E-state index contributed by atoms with van der Waals surface area (Å²) in [6, 6.07) is 0.845. The summed E-state index contributed by atoms with van der Waals surface area (Å²) >= 11 is 0. The Hall–Kier alpha value is -2.58. The molecule has 3 heterocycles. The van der Waals surface area contributed by atoms with Crippen molar-refractivity contribution in [1.29, 1.82) is 0 Å². The first-order valence-electron chi connectivity index (χ1n) is 8.84. The smallest absolute Gasteiger partial charge is 0.280 e. The normalized spacial score (nSPS) is 17.5. The average molecular weight is 362 g/mol. The lowest BCUT2D eigenvalue weighted by Gasteiger charge is -2.37. The number of nitrogens with one attached hydrogen (secondary N) is 1. The van der Waals surface area contributed by atoms with E-state index in [1.54, 1.807) is 6.33 Å². The van der Waals surface area contributed by atoms with Crippen LogP contribution in [0.15, 0.2) is 17.2 Å². The van der Waals surface area contributed by atoms with Crippen molar-refractivity contribution in [3.63, 3.8) is 0 Å². The third-order valence-corrected chi connectivity index (χ3v) is 4.95. The number of aromatic nitrogens is 4. The predicted molar refractivity (Wildman–Crippen MR) is 92.9 cm³/mol. The fourth-order valence-electron chi connectivity index (χ4n) is 3.63. The van der Waals surface area contributed by atoms with Crippen molar-refractivity contribution in [1.82, 2.24) is 19.9 Å². The van der Waals surface area contributed by atoms with Gasteiger partial charge < -0.3 is 9.80 Å². The summed E-state index contributed by atoms with van der Waals surface area (Å²) in [6.07, 6.45) is 3.17. The van der Waals surface area contributed by atoms with Crippen LogP contribution in [-0.4, -0.2) is 46.1 Å². The Morgan fingerprint density at radius 2 is 1.77 bits per heavy atom. The van der Waals surface area contributed by atoms with Crippen LogP contribution in [0.5, 0.6) is 0 Å². The number of hydrogen-bond acceptors (Lipinski definition) is 6. The van der Waals surface area contributed by atoms with E-state index in [2.05, 4.69) is 24.8 Å². The van der Waals surface area contributed by atoms with Crippen LogP contribution < -0.4 is 15.4 Å². The second-order valence-corrected chi connectivity index (χ2v) is 6.60. The van der Waals surface area contributed by atoms with Crippen LogP contribution in [-0.2, 0) is 12.8 Å². The van der Waals surface area contributed by atoms with Crippen molar-refractivity contribution < 1.29 is 8.78 Å². The maximum Gasteiger partial charge on any atom is 0.280 e. The van der Waals surface area contributed by atoms with Gasteiger partial charge in [-0.1, -0.05) is 0 Å². The van der Waals surface area contributed by atoms with Gasteiger partial charge in [0.2, 0.25) is 5.95 Å². The molecule has 1 aliphatic carbocycles. The van der Waals surface area contributed by atoms with Crippen LogP contribution in [0.25, 0.3) is 0 Å². The van der Waals surface area contributed by atoms with Gasteiger partial charge in [0, 0.05) is 43.5 Å². The zero-order chi connectivity index (χ0) is 18.1. The number of halogens is 2. The summed E-state index contributed by atoms with van der Waals surface area (Å²) in [5.41, 5.74) is 1.33. The summed E-state index contributed by atoms with van der Waals surface area (Å²) in [5, 5.41) is 0. The topological polar surface area (TPSA) is 78.0 Å². The van der Waals surface area contributed by atoms with Crippen LogP contribution in [0.4, 0.5) is 20.5 Å². The first-order chi connectivity index (χ1) is 12.6. The van der Waals surface area contributed by atoms with Gasteiger partial charge in [-0.25, -0.2) is 23.7 Å². The number of rotatable bonds is 3. The Morgan fingerprint density at radius 3 is 2.54 bits per heavy atom. The second kappa shape index (κ2) is 6.97. The maximum absolute atomic E-state index is 12.9. The molecule has 138 valence electrons. The van der Waals surface area contributed by atoms with E-state index in [0.717, 1.165) is 43.3 Å². The molecule has 0 saturated carbocycles. The number of fused-ring (bicyclic) bond motifs is 1. The number of alkyl halides is 2. The van der Waals surface area contributed by atoms with E-state index in [0.29, 0.717) is 26.2 Å². The van der Waals surface area contributed by atoms with Crippen molar-refractivity contribution >= 4 is 11.8 Å². The Kier molecular flexibility index (Phi) is 4.52. The molecule has 0 amide bonds. The van der Waals surface area contributed by atoms with E-state index >= 15 is 0 Å². The van der Waals surface area contributed by atoms with Crippen LogP contribution >= 0.6 is 0 Å². The lowest BCUT2D eigenvalue weighted by atomic mass is 9.96. The highest BCUT2D eigenvalue weighted by Crippen LogP contribution is 2.28. The molecule has 2 aromatic rings. The Morgan fingerprint density at radius 1 is 1.04 bits per heavy atom. The van der Waals surface area contributed by atoms with E-state index in [1.807, 2.05) is 4.90 Å². The minimum absolute atomic E-state index is 0.206. The summed E-state index contributed by atoms with van der Waals surface area (Å²) in [4.78, 5) is 31.0. The number of hydrogen-bond donors (Lipinski definition) is 1. The van der Waals surface area contributed by atoms with Gasteiger partial charge in [-0.15, -0.1) is 0 Å². The molecule has 0 aromatic carbocycles. The Labute approximate surface area is 149 Å². The lowest BCUT2D eigenvalue weighted by Crippen LogP contribution is -2.48. The number of aromatic amines is 1. The molecule has 0 radical (unpaired) electrons. The molecule has 0 spiro atoms. The summed E-state index contributed by atoms with van der Waals surface area (Å²) in [7, 11) is 0. The number of piperazine rings is 1. The van der Waals surface area contributed by atoms with Crippen molar-refractivity contribution in [2.45, 2.75) is 32.1 Å². The van der Waals surface area contributed by atoms with Gasteiger partial charge >= 0.3 is 0 Å². The zero-order valence-corrected chi connectivity index (χ0v) is 14.3. The molecule has 1 aliphatic heterocycles. The van der Waals surface area contributed by atoms with Gasteiger partial charge in [-0.2, -0.15) is 0 Å². The summed E-state index contributed by atoms with van der Waals surface area (Å²) < 4.78 is 25.8. The Balaban J connectivity index is 1.51. The van der Waals surface area contributed by atoms with Crippen LogP contribution in [0.1, 0.15) is 36.2 Å². The standard InChI is InChI=1S/C17H20F2N6O/c18-15(19)13-9-14(26)23-17(22-13)25-7-5-24(6-8-25)16-11-3-1-2-4-12(11)20-10-21-16/h9-10,15H,1-8H2,(H,22,23,26). The van der Waals surface area contributed by atoms with Gasteiger partial charge in [0.15, 0.2) is 0 Å². The highest BCUT2D eigenvalue weighted by atomic mass is 19.3. The fraction of sp³-hybridized carbons (Fsp3) is 0.529. The highest BCUT2D eigenvalue weighted by molar-refractivity contribution is 5.51. The minimum Gasteiger partial charge on any atom is -0.353 e. The third-order valence-electron chi connectivity index (χ3n) is 4.95. The van der Waals surface area contributed by atoms with Crippen molar-refractivity contribution in [3.05, 3.63) is 39.7 Å². The molecular weight excluding hydrogens is 342 g/mol. The zero-order valence-electron chi connectivity index (χ0n) is 14.3. The highest BCUT2D eigenvalue weighted by Gasteiger charge is 2.25. The van der Waals surface area contributed by atoms with Gasteiger partial charge in [-0.3, -0.25) is 9.78 Å². The largest absolute Gasteiger partial charge is 0.353 e. The second-order valence-electron chi connectivity index (χ2n) is 6.60. The van der Waals surface area contributed by atoms with Crippen LogP contribution in [0.3, 0.4) is 0 Å². The molecule has 0 atom stereocenters. The van der Waals surface area contributed by atoms with Crippen molar-refractivity contribution in [3.8, 4) is 0 Å². The summed E-state index contributed by atoms with van der Waals surface area (Å²) in [6.45, 7) is 2.53. The van der Waals surface area contributed by atoms with Crippen LogP contribution in [0.2, 0.25) is 0 Å². The van der Waals surface area contributed by atoms with E-state index in [9.17, 15) is 13.6 Å². The molecule has 1 N–H and O–H groups in total. The Bertz CT molecular complexity index is 847. The van der Waals surface area contributed by atoms with Gasteiger partial charge in [0.1, 0.15) is 17.8 Å². The molecule has 9 heteroatoms. The molecular formula is C17H20F2N6O. The number of nitrogens with zero attached hydrogens (tertiary/aromatic N) is 5. The molecule has 26 heavy (non-hydrogen) atoms. The minimum atomic E-state index is -2.76. The van der Waals surface area contributed by atoms with E-state index in [1.165, 1.54) is 5.56 Å². The molecule has 1 saturated heterocycles. The number of anilines is 2. The van der Waals surface area contributed by atoms with Gasteiger partial charge in [0.05, 0.1) is 0 Å². The number of H-pyrrole nitrogens is 1. The molecule has 0 bridgehead atoms. The van der Waals surface area contributed by atoms with Crippen molar-refractivity contribution in [2.24, 2.45) is 0 Å². The monoisotopic (exact) mass is 362 g/mol. The average Bonchev–Trinajstić information content (AvgIpc) is 2.67. The van der Waals surface area contributed by atoms with Crippen molar-refractivity contribution in [2.75, 3.05) is 36.0 Å². The maximum atomic E-state index is 12.9. The summed E-state index contributed by atoms with van der Waals surface area (Å²) in [5.74, 6) is 1.19. The number of aryl methyl sites for hydroxylation is 1. The fourth-order valence-corrected chi connectivity index (χ4v) is 3.63. The van der Waals surface area contributed by atoms with E-state index in [4.69, 9.17) is 0 Å². The van der Waals surface area contributed by atoms with Gasteiger partial charge in [0.25, 0.3) is 12.0 Å². The molecule has 7 nitrogen and oxygen atoms in total. The van der Waals surface area contributed by atoms with Gasteiger partial charge in [-0.05, 0) is 25.7 Å². The molecule has 4 rings (SSSR count). The molecule has 1 fully saturated rings. The van der Waals surface area contributed by atoms with E-state index in [-0.39, 0.29) is 5.95 Å². The molecule has 0 unspecified atom stereocenters. The predicted octanol–water partition coefficient (Wildman–Crippen LogP) is 1.70. The SMILES string of the molecule is O=c1cc(C(F)F)nc(N2CCN(c3ncnc4c3CCCC4)CC2)[nH]1. The first-order valence-corrected chi connectivity index (χ1v) is 8.84. The van der Waals surface area contributed by atoms with Crippen LogP contribution in [0, 0.1) is 0 Å². The van der Waals surface area contributed by atoms with E-state index < -0.39 is 17.7 Å². The third kappa shape index (κ3) is 3.25. The molecule has 2 aromatic heterocycles. The molecule has 2 aliphatic rings. The lowest BCUT2D eigenvalue weighted by molar-refractivity contribution is 0.146. The first kappa shape index (κ1) is 16.9. The quantitative estimate of drug-likeness (QED) is 0.896.